The summed E-state index contributed by atoms with van der Waals surface area (Å²) in [6, 6.07) is 0. The van der Waals surface area contributed by atoms with Crippen molar-refractivity contribution >= 4 is 5.97 Å². The minimum absolute atomic E-state index is 0.0669. The number of aryl methyl sites for hydroxylation is 1. The number of hydrogen-bond donors (Lipinski definition) is 0. The van der Waals surface area contributed by atoms with E-state index in [0.717, 1.165) is 4.68 Å². The maximum absolute atomic E-state index is 13.1. The molecule has 0 aromatic carbocycles. The van der Waals surface area contributed by atoms with Gasteiger partial charge in [-0.25, -0.2) is 23.2 Å². The Bertz CT molecular complexity index is 609. The summed E-state index contributed by atoms with van der Waals surface area (Å²) in [7, 11) is 1.62. The van der Waals surface area contributed by atoms with Crippen molar-refractivity contribution in [1.82, 2.24) is 29.8 Å². The molecule has 0 unspecified atom stereocenters. The highest BCUT2D eigenvalue weighted by Crippen LogP contribution is 2.22. The molecule has 2 heterocycles. The first-order valence-corrected chi connectivity index (χ1v) is 5.76. The summed E-state index contributed by atoms with van der Waals surface area (Å²) in [5.74, 6) is -0.515. The average Bonchev–Trinajstić information content (AvgIpc) is 2.97. The Labute approximate surface area is 112 Å². The van der Waals surface area contributed by atoms with Crippen molar-refractivity contribution in [3.05, 3.63) is 23.5 Å². The molecule has 2 aromatic heterocycles. The van der Waals surface area contributed by atoms with Crippen molar-refractivity contribution in [3.8, 4) is 0 Å². The van der Waals surface area contributed by atoms with Crippen LogP contribution in [-0.2, 0) is 18.3 Å². The van der Waals surface area contributed by atoms with Gasteiger partial charge in [-0.15, -0.1) is 5.10 Å². The van der Waals surface area contributed by atoms with Crippen LogP contribution in [0.25, 0.3) is 0 Å². The quantitative estimate of drug-likeness (QED) is 0.747. The number of nitrogens with zero attached hydrogens (tertiary/aromatic N) is 6. The van der Waals surface area contributed by atoms with E-state index in [0.29, 0.717) is 5.82 Å². The van der Waals surface area contributed by atoms with Crippen LogP contribution >= 0.6 is 0 Å². The normalized spacial score (nSPS) is 11.1. The number of halogens is 2. The SMILES string of the molecule is CCOC(=O)c1nnn(Cc2ncnn2C)c1C(F)F. The van der Waals surface area contributed by atoms with Crippen molar-refractivity contribution in [3.63, 3.8) is 0 Å². The first-order valence-electron chi connectivity index (χ1n) is 5.76. The Morgan fingerprint density at radius 3 is 2.80 bits per heavy atom. The van der Waals surface area contributed by atoms with Gasteiger partial charge in [0.15, 0.2) is 5.69 Å². The van der Waals surface area contributed by atoms with E-state index in [4.69, 9.17) is 0 Å². The van der Waals surface area contributed by atoms with E-state index in [1.54, 1.807) is 14.0 Å². The fourth-order valence-corrected chi connectivity index (χ4v) is 1.60. The molecule has 0 aliphatic heterocycles. The molecule has 20 heavy (non-hydrogen) atoms. The van der Waals surface area contributed by atoms with E-state index >= 15 is 0 Å². The number of hydrogen-bond acceptors (Lipinski definition) is 6. The first-order chi connectivity index (χ1) is 9.54. The first kappa shape index (κ1) is 14.0. The molecular formula is C10H12F2N6O2. The van der Waals surface area contributed by atoms with Crippen molar-refractivity contribution in [2.75, 3.05) is 6.61 Å². The summed E-state index contributed by atoms with van der Waals surface area (Å²) in [5.41, 5.74) is -1.07. The average molecular weight is 286 g/mol. The van der Waals surface area contributed by atoms with Crippen molar-refractivity contribution in [2.24, 2.45) is 7.05 Å². The highest BCUT2D eigenvalue weighted by molar-refractivity contribution is 5.88. The van der Waals surface area contributed by atoms with E-state index in [1.165, 1.54) is 11.0 Å². The highest BCUT2D eigenvalue weighted by Gasteiger charge is 2.28. The monoisotopic (exact) mass is 286 g/mol. The number of carbonyl (C=O) groups excluding carboxylic acids is 1. The molecule has 0 saturated heterocycles. The maximum Gasteiger partial charge on any atom is 0.361 e. The lowest BCUT2D eigenvalue weighted by molar-refractivity contribution is 0.0506. The highest BCUT2D eigenvalue weighted by atomic mass is 19.3. The van der Waals surface area contributed by atoms with E-state index in [1.807, 2.05) is 0 Å². The van der Waals surface area contributed by atoms with Crippen LogP contribution in [0.5, 0.6) is 0 Å². The molecule has 2 aromatic rings. The summed E-state index contributed by atoms with van der Waals surface area (Å²) in [4.78, 5) is 15.5. The molecule has 0 fully saturated rings. The van der Waals surface area contributed by atoms with Crippen LogP contribution in [0.2, 0.25) is 0 Å². The number of carbonyl (C=O) groups is 1. The summed E-state index contributed by atoms with van der Waals surface area (Å²) < 4.78 is 33.2. The van der Waals surface area contributed by atoms with Crippen LogP contribution in [0.3, 0.4) is 0 Å². The lowest BCUT2D eigenvalue weighted by Gasteiger charge is -2.06. The smallest absolute Gasteiger partial charge is 0.361 e. The zero-order valence-electron chi connectivity index (χ0n) is 10.8. The standard InChI is InChI=1S/C10H12F2N6O2/c1-3-20-10(19)7-8(9(11)12)18(16-15-7)4-6-13-5-14-17(6)2/h5,9H,3-4H2,1-2H3. The molecular weight excluding hydrogens is 274 g/mol. The number of alkyl halides is 2. The van der Waals surface area contributed by atoms with Crippen LogP contribution in [0.4, 0.5) is 8.78 Å². The van der Waals surface area contributed by atoms with E-state index in [2.05, 4.69) is 25.1 Å². The third-order valence-electron chi connectivity index (χ3n) is 2.55. The van der Waals surface area contributed by atoms with Crippen LogP contribution in [-0.4, -0.2) is 42.3 Å². The second kappa shape index (κ2) is 5.72. The van der Waals surface area contributed by atoms with Crippen LogP contribution in [0, 0.1) is 0 Å². The van der Waals surface area contributed by atoms with E-state index in [-0.39, 0.29) is 13.2 Å². The lowest BCUT2D eigenvalue weighted by atomic mass is 10.3. The second-order valence-corrected chi connectivity index (χ2v) is 3.80. The summed E-state index contributed by atoms with van der Waals surface area (Å²) in [6.07, 6.45) is -1.61. The predicted molar refractivity (Wildman–Crippen MR) is 61.0 cm³/mol. The van der Waals surface area contributed by atoms with Gasteiger partial charge in [-0.3, -0.25) is 4.68 Å². The minimum atomic E-state index is -2.90. The van der Waals surface area contributed by atoms with Gasteiger partial charge in [0.05, 0.1) is 6.61 Å². The third kappa shape index (κ3) is 2.63. The Morgan fingerprint density at radius 1 is 1.50 bits per heavy atom. The Hall–Kier alpha value is -2.39. The molecule has 0 aliphatic rings. The van der Waals surface area contributed by atoms with Gasteiger partial charge in [0, 0.05) is 7.05 Å². The minimum Gasteiger partial charge on any atom is -0.461 e. The van der Waals surface area contributed by atoms with E-state index in [9.17, 15) is 13.6 Å². The number of rotatable bonds is 5. The predicted octanol–water partition coefficient (Wildman–Crippen LogP) is 0.569. The number of aromatic nitrogens is 6. The molecule has 10 heteroatoms. The van der Waals surface area contributed by atoms with Gasteiger partial charge in [0.2, 0.25) is 0 Å². The van der Waals surface area contributed by atoms with Crippen molar-refractivity contribution in [1.29, 1.82) is 0 Å². The molecule has 0 aliphatic carbocycles. The van der Waals surface area contributed by atoms with Crippen LogP contribution in [0.1, 0.15) is 35.4 Å². The summed E-state index contributed by atoms with van der Waals surface area (Å²) in [5, 5.41) is 10.9. The maximum atomic E-state index is 13.1. The van der Waals surface area contributed by atoms with Gasteiger partial charge in [0.25, 0.3) is 6.43 Å². The van der Waals surface area contributed by atoms with Gasteiger partial charge in [-0.05, 0) is 6.92 Å². The largest absolute Gasteiger partial charge is 0.461 e. The summed E-state index contributed by atoms with van der Waals surface area (Å²) >= 11 is 0. The Balaban J connectivity index is 2.34. The van der Waals surface area contributed by atoms with Crippen LogP contribution < -0.4 is 0 Å². The fourth-order valence-electron chi connectivity index (χ4n) is 1.60. The Kier molecular flexibility index (Phi) is 4.01. The molecule has 0 radical (unpaired) electrons. The molecule has 0 saturated carbocycles. The molecule has 108 valence electrons. The van der Waals surface area contributed by atoms with Gasteiger partial charge in [-0.2, -0.15) is 5.10 Å². The molecule has 2 rings (SSSR count). The van der Waals surface area contributed by atoms with Crippen molar-refractivity contribution in [2.45, 2.75) is 19.9 Å². The van der Waals surface area contributed by atoms with Crippen molar-refractivity contribution < 1.29 is 18.3 Å². The van der Waals surface area contributed by atoms with E-state index < -0.39 is 23.8 Å². The fraction of sp³-hybridized carbons (Fsp3) is 0.500. The topological polar surface area (TPSA) is 87.7 Å². The molecule has 0 spiro atoms. The molecule has 0 atom stereocenters. The van der Waals surface area contributed by atoms with Gasteiger partial charge >= 0.3 is 5.97 Å². The van der Waals surface area contributed by atoms with Gasteiger partial charge in [0.1, 0.15) is 24.4 Å². The zero-order chi connectivity index (χ0) is 14.7. The third-order valence-corrected chi connectivity index (χ3v) is 2.55. The summed E-state index contributed by atoms with van der Waals surface area (Å²) in [6.45, 7) is 1.57. The molecule has 0 amide bonds. The molecule has 0 bridgehead atoms. The Morgan fingerprint density at radius 2 is 2.25 bits per heavy atom. The van der Waals surface area contributed by atoms with Gasteiger partial charge in [-0.1, -0.05) is 5.21 Å². The molecule has 8 nitrogen and oxygen atoms in total. The lowest BCUT2D eigenvalue weighted by Crippen LogP contribution is -2.14. The molecule has 0 N–H and O–H groups in total. The number of esters is 1. The zero-order valence-corrected chi connectivity index (χ0v) is 10.8. The number of ether oxygens (including phenoxy) is 1. The second-order valence-electron chi connectivity index (χ2n) is 3.80. The van der Waals surface area contributed by atoms with Gasteiger partial charge < -0.3 is 4.74 Å². The van der Waals surface area contributed by atoms with Crippen LogP contribution in [0.15, 0.2) is 6.33 Å².